The molecule has 0 radical (unpaired) electrons. The van der Waals surface area contributed by atoms with Gasteiger partial charge in [-0.05, 0) is 31.9 Å². The summed E-state index contributed by atoms with van der Waals surface area (Å²) >= 11 is 0. The Kier molecular flexibility index (Phi) is 3.30. The molecule has 2 saturated heterocycles. The lowest BCUT2D eigenvalue weighted by molar-refractivity contribution is -0.137. The van der Waals surface area contributed by atoms with Crippen molar-refractivity contribution in [2.24, 2.45) is 0 Å². The minimum absolute atomic E-state index is 0.0250. The number of nitrogens with zero attached hydrogens (tertiary/aromatic N) is 3. The van der Waals surface area contributed by atoms with Crippen molar-refractivity contribution in [1.29, 1.82) is 0 Å². The molecule has 3 heterocycles. The number of carbonyl (C=O) groups excluding carboxylic acids is 1. The van der Waals surface area contributed by atoms with Crippen LogP contribution in [0.4, 0.5) is 19.0 Å². The third-order valence-corrected chi connectivity index (χ3v) is 4.26. The van der Waals surface area contributed by atoms with E-state index in [0.29, 0.717) is 6.54 Å². The van der Waals surface area contributed by atoms with Crippen LogP contribution in [0, 0.1) is 0 Å². The number of piperazine rings is 1. The van der Waals surface area contributed by atoms with Crippen LogP contribution in [0.5, 0.6) is 0 Å². The number of pyridine rings is 1. The maximum absolute atomic E-state index is 12.8. The summed E-state index contributed by atoms with van der Waals surface area (Å²) in [5, 5.41) is 0. The van der Waals surface area contributed by atoms with E-state index in [0.717, 1.165) is 37.7 Å². The van der Waals surface area contributed by atoms with E-state index in [2.05, 4.69) is 4.98 Å². The Bertz CT molecular complexity index is 561. The summed E-state index contributed by atoms with van der Waals surface area (Å²) in [7, 11) is 0. The van der Waals surface area contributed by atoms with E-state index in [9.17, 15) is 18.0 Å². The van der Waals surface area contributed by atoms with Gasteiger partial charge in [0, 0.05) is 25.3 Å². The fourth-order valence-corrected chi connectivity index (χ4v) is 3.12. The van der Waals surface area contributed by atoms with Gasteiger partial charge in [0.15, 0.2) is 0 Å². The second-order valence-corrected chi connectivity index (χ2v) is 5.56. The molecular formula is C14H16F3N3O. The molecule has 3 rings (SSSR count). The first-order valence-electron chi connectivity index (χ1n) is 6.98. The van der Waals surface area contributed by atoms with Crippen LogP contribution < -0.4 is 4.90 Å². The Morgan fingerprint density at radius 2 is 2.10 bits per heavy atom. The van der Waals surface area contributed by atoms with Crippen LogP contribution in [0.3, 0.4) is 0 Å². The summed E-state index contributed by atoms with van der Waals surface area (Å²) in [6, 6.07) is 1.58. The molecule has 0 aromatic carbocycles. The maximum atomic E-state index is 12.8. The number of halogens is 3. The zero-order valence-electron chi connectivity index (χ0n) is 11.6. The Labute approximate surface area is 120 Å². The van der Waals surface area contributed by atoms with E-state index in [1.165, 1.54) is 0 Å². The Morgan fingerprint density at radius 1 is 1.33 bits per heavy atom. The van der Waals surface area contributed by atoms with Gasteiger partial charge in [0.25, 0.3) is 0 Å². The van der Waals surface area contributed by atoms with Crippen LogP contribution in [0.2, 0.25) is 0 Å². The molecule has 0 unspecified atom stereocenters. The molecule has 1 aromatic heterocycles. The Morgan fingerprint density at radius 3 is 2.81 bits per heavy atom. The molecule has 1 amide bonds. The van der Waals surface area contributed by atoms with Crippen molar-refractivity contribution in [2.75, 3.05) is 18.0 Å². The smallest absolute Gasteiger partial charge is 0.343 e. The molecule has 2 atom stereocenters. The van der Waals surface area contributed by atoms with Gasteiger partial charge in [-0.1, -0.05) is 0 Å². The zero-order chi connectivity index (χ0) is 15.2. The lowest BCUT2D eigenvalue weighted by Crippen LogP contribution is -2.59. The fraction of sp³-hybridized carbons (Fsp3) is 0.571. The van der Waals surface area contributed by atoms with Crippen LogP contribution in [-0.4, -0.2) is 41.0 Å². The average Bonchev–Trinajstić information content (AvgIpc) is 2.90. The molecule has 7 heteroatoms. The molecule has 114 valence electrons. The summed E-state index contributed by atoms with van der Waals surface area (Å²) in [4.78, 5) is 19.9. The number of alkyl halides is 3. The van der Waals surface area contributed by atoms with Gasteiger partial charge in [-0.15, -0.1) is 0 Å². The Balaban J connectivity index is 1.91. The van der Waals surface area contributed by atoms with Crippen molar-refractivity contribution in [3.8, 4) is 0 Å². The molecule has 21 heavy (non-hydrogen) atoms. The van der Waals surface area contributed by atoms with Crippen molar-refractivity contribution >= 4 is 11.7 Å². The van der Waals surface area contributed by atoms with Crippen molar-refractivity contribution in [1.82, 2.24) is 9.88 Å². The van der Waals surface area contributed by atoms with E-state index in [1.54, 1.807) is 11.8 Å². The quantitative estimate of drug-likeness (QED) is 0.798. The minimum atomic E-state index is -4.40. The van der Waals surface area contributed by atoms with Crippen molar-refractivity contribution in [3.63, 3.8) is 0 Å². The van der Waals surface area contributed by atoms with Crippen LogP contribution in [0.15, 0.2) is 18.3 Å². The SMILES string of the molecule is C[C@@H]1C(=O)N2CCC[C@H]2CN1c1cc(C(F)(F)F)ccn1. The Hall–Kier alpha value is -1.79. The number of rotatable bonds is 1. The number of fused-ring (bicyclic) bond motifs is 1. The number of amides is 1. The highest BCUT2D eigenvalue weighted by molar-refractivity contribution is 5.86. The molecular weight excluding hydrogens is 283 g/mol. The van der Waals surface area contributed by atoms with Crippen molar-refractivity contribution in [3.05, 3.63) is 23.9 Å². The summed E-state index contributed by atoms with van der Waals surface area (Å²) in [5.74, 6) is 0.195. The normalized spacial score (nSPS) is 26.2. The molecule has 1 aromatic rings. The molecule has 2 aliphatic heterocycles. The van der Waals surface area contributed by atoms with Gasteiger partial charge in [-0.2, -0.15) is 13.2 Å². The summed E-state index contributed by atoms with van der Waals surface area (Å²) < 4.78 is 38.4. The minimum Gasteiger partial charge on any atom is -0.343 e. The topological polar surface area (TPSA) is 36.4 Å². The number of anilines is 1. The van der Waals surface area contributed by atoms with E-state index in [1.807, 2.05) is 4.90 Å². The van der Waals surface area contributed by atoms with Gasteiger partial charge in [0.1, 0.15) is 11.9 Å². The highest BCUT2D eigenvalue weighted by Gasteiger charge is 2.41. The second-order valence-electron chi connectivity index (χ2n) is 5.56. The molecule has 4 nitrogen and oxygen atoms in total. The third-order valence-electron chi connectivity index (χ3n) is 4.26. The molecule has 2 aliphatic rings. The van der Waals surface area contributed by atoms with Gasteiger partial charge in [0.05, 0.1) is 5.56 Å². The van der Waals surface area contributed by atoms with Crippen LogP contribution in [0.1, 0.15) is 25.3 Å². The van der Waals surface area contributed by atoms with Gasteiger partial charge in [-0.3, -0.25) is 4.79 Å². The van der Waals surface area contributed by atoms with Gasteiger partial charge < -0.3 is 9.80 Å². The second kappa shape index (κ2) is 4.89. The van der Waals surface area contributed by atoms with E-state index >= 15 is 0 Å². The van der Waals surface area contributed by atoms with Crippen molar-refractivity contribution in [2.45, 2.75) is 38.0 Å². The first-order chi connectivity index (χ1) is 9.88. The standard InChI is InChI=1S/C14H16F3N3O/c1-9-13(21)19-6-2-3-11(19)8-20(9)12-7-10(4-5-18-12)14(15,16)17/h4-5,7,9,11H,2-3,6,8H2,1H3/t9-,11+/m1/s1. The van der Waals surface area contributed by atoms with Crippen LogP contribution >= 0.6 is 0 Å². The van der Waals surface area contributed by atoms with Gasteiger partial charge in [-0.25, -0.2) is 4.98 Å². The number of hydrogen-bond acceptors (Lipinski definition) is 3. The number of aromatic nitrogens is 1. The fourth-order valence-electron chi connectivity index (χ4n) is 3.12. The van der Waals surface area contributed by atoms with Gasteiger partial charge >= 0.3 is 6.18 Å². The first kappa shape index (κ1) is 14.2. The summed E-state index contributed by atoms with van der Waals surface area (Å²) in [6.07, 6.45) is -1.41. The largest absolute Gasteiger partial charge is 0.416 e. The summed E-state index contributed by atoms with van der Waals surface area (Å²) in [5.41, 5.74) is -0.735. The molecule has 0 spiro atoms. The van der Waals surface area contributed by atoms with Crippen LogP contribution in [0.25, 0.3) is 0 Å². The number of hydrogen-bond donors (Lipinski definition) is 0. The van der Waals surface area contributed by atoms with Crippen molar-refractivity contribution < 1.29 is 18.0 Å². The van der Waals surface area contributed by atoms with E-state index in [-0.39, 0.29) is 17.8 Å². The van der Waals surface area contributed by atoms with E-state index in [4.69, 9.17) is 0 Å². The lowest BCUT2D eigenvalue weighted by Gasteiger charge is -2.42. The van der Waals surface area contributed by atoms with Gasteiger partial charge in [0.2, 0.25) is 5.91 Å². The average molecular weight is 299 g/mol. The lowest BCUT2D eigenvalue weighted by atomic mass is 10.1. The molecule has 0 aliphatic carbocycles. The predicted octanol–water partition coefficient (Wildman–Crippen LogP) is 2.30. The zero-order valence-corrected chi connectivity index (χ0v) is 11.6. The molecule has 0 saturated carbocycles. The number of carbonyl (C=O) groups is 1. The third kappa shape index (κ3) is 2.45. The van der Waals surface area contributed by atoms with Crippen LogP contribution in [-0.2, 0) is 11.0 Å². The highest BCUT2D eigenvalue weighted by atomic mass is 19.4. The molecule has 2 fully saturated rings. The summed E-state index contributed by atoms with van der Waals surface area (Å²) in [6.45, 7) is 3.01. The van der Waals surface area contributed by atoms with E-state index < -0.39 is 17.8 Å². The monoisotopic (exact) mass is 299 g/mol. The highest BCUT2D eigenvalue weighted by Crippen LogP contribution is 2.33. The molecule has 0 N–H and O–H groups in total. The predicted molar refractivity (Wildman–Crippen MR) is 70.8 cm³/mol. The maximum Gasteiger partial charge on any atom is 0.416 e. The molecule has 0 bridgehead atoms. The first-order valence-corrected chi connectivity index (χ1v) is 6.98.